The molecule has 4 aliphatic rings. The molecule has 0 aromatic heterocycles. The van der Waals surface area contributed by atoms with Gasteiger partial charge in [-0.25, -0.2) is 0 Å². The van der Waals surface area contributed by atoms with Gasteiger partial charge in [-0.3, -0.25) is 14.4 Å². The van der Waals surface area contributed by atoms with E-state index in [-0.39, 0.29) is 47.4 Å². The normalized spacial score (nSPS) is 50.3. The lowest BCUT2D eigenvalue weighted by molar-refractivity contribution is -0.184. The highest BCUT2D eigenvalue weighted by Crippen LogP contribution is 2.68. The molecular weight excluding hydrogens is 384 g/mol. The Hall–Kier alpha value is -1.27. The van der Waals surface area contributed by atoms with E-state index in [2.05, 4.69) is 6.92 Å². The van der Waals surface area contributed by atoms with Crippen LogP contribution >= 0.6 is 0 Å². The molecule has 4 rings (SSSR count). The molecule has 168 valence electrons. The second-order valence-electron chi connectivity index (χ2n) is 11.1. The minimum atomic E-state index is -1.66. The fourth-order valence-corrected chi connectivity index (χ4v) is 8.26. The molecule has 0 spiro atoms. The average Bonchev–Trinajstić information content (AvgIpc) is 2.87. The number of esters is 1. The predicted octanol–water partition coefficient (Wildman–Crippen LogP) is 2.68. The van der Waals surface area contributed by atoms with E-state index >= 15 is 0 Å². The molecule has 0 aromatic carbocycles. The molecule has 0 aromatic rings. The maximum absolute atomic E-state index is 13.6. The van der Waals surface area contributed by atoms with Crippen molar-refractivity contribution in [3.8, 4) is 0 Å². The van der Waals surface area contributed by atoms with Gasteiger partial charge in [-0.1, -0.05) is 20.8 Å². The fraction of sp³-hybridized carbons (Fsp3) is 0.875. The number of carbonyl (C=O) groups is 3. The first-order valence-electron chi connectivity index (χ1n) is 11.5. The van der Waals surface area contributed by atoms with Crippen molar-refractivity contribution >= 4 is 17.5 Å². The van der Waals surface area contributed by atoms with Gasteiger partial charge in [-0.2, -0.15) is 0 Å². The van der Waals surface area contributed by atoms with E-state index < -0.39 is 29.4 Å². The summed E-state index contributed by atoms with van der Waals surface area (Å²) >= 11 is 0. The molecule has 0 heterocycles. The van der Waals surface area contributed by atoms with Crippen molar-refractivity contribution in [3.05, 3.63) is 0 Å². The minimum Gasteiger partial charge on any atom is -0.458 e. The van der Waals surface area contributed by atoms with Crippen molar-refractivity contribution in [2.75, 3.05) is 6.61 Å². The van der Waals surface area contributed by atoms with Gasteiger partial charge in [0, 0.05) is 24.7 Å². The first kappa shape index (κ1) is 21.9. The van der Waals surface area contributed by atoms with Crippen molar-refractivity contribution in [2.45, 2.75) is 84.3 Å². The third-order valence-corrected chi connectivity index (χ3v) is 9.74. The SMILES string of the molecule is CC(=O)OCC(=O)[C@@]1(O)[C@@H](C)C[C@H]2[C@@H]3CC[C@@H]4C[C@H](O)CC[C@]4(C)[C@H]3C(=O)C[C@@]21C. The Morgan fingerprint density at radius 1 is 1.17 bits per heavy atom. The van der Waals surface area contributed by atoms with Crippen molar-refractivity contribution in [3.63, 3.8) is 0 Å². The molecule has 6 heteroatoms. The third-order valence-electron chi connectivity index (χ3n) is 9.74. The molecule has 6 nitrogen and oxygen atoms in total. The first-order valence-corrected chi connectivity index (χ1v) is 11.5. The molecule has 4 fully saturated rings. The lowest BCUT2D eigenvalue weighted by Crippen LogP contribution is -2.63. The number of ketones is 2. The molecule has 9 atom stereocenters. The van der Waals surface area contributed by atoms with Crippen LogP contribution in [0, 0.1) is 40.4 Å². The number of hydrogen-bond acceptors (Lipinski definition) is 6. The van der Waals surface area contributed by atoms with Gasteiger partial charge in [0.05, 0.1) is 6.10 Å². The number of rotatable bonds is 3. The van der Waals surface area contributed by atoms with Crippen LogP contribution in [0.1, 0.15) is 72.6 Å². The van der Waals surface area contributed by atoms with Crippen molar-refractivity contribution in [1.82, 2.24) is 0 Å². The van der Waals surface area contributed by atoms with Gasteiger partial charge in [0.1, 0.15) is 11.4 Å². The summed E-state index contributed by atoms with van der Waals surface area (Å²) in [7, 11) is 0. The number of aliphatic hydroxyl groups excluding tert-OH is 1. The minimum absolute atomic E-state index is 0.0556. The summed E-state index contributed by atoms with van der Waals surface area (Å²) in [6.45, 7) is 6.82. The maximum Gasteiger partial charge on any atom is 0.303 e. The van der Waals surface area contributed by atoms with Crippen LogP contribution in [0.3, 0.4) is 0 Å². The molecule has 0 amide bonds. The molecule has 4 saturated carbocycles. The molecule has 0 unspecified atom stereocenters. The van der Waals surface area contributed by atoms with Crippen LogP contribution in [0.2, 0.25) is 0 Å². The largest absolute Gasteiger partial charge is 0.458 e. The number of aliphatic hydroxyl groups is 2. The zero-order valence-corrected chi connectivity index (χ0v) is 18.6. The van der Waals surface area contributed by atoms with Crippen molar-refractivity contribution in [1.29, 1.82) is 0 Å². The Balaban J connectivity index is 1.67. The molecule has 0 bridgehead atoms. The van der Waals surface area contributed by atoms with E-state index in [0.29, 0.717) is 12.3 Å². The molecule has 0 aliphatic heterocycles. The van der Waals surface area contributed by atoms with Crippen LogP contribution in [-0.2, 0) is 19.1 Å². The van der Waals surface area contributed by atoms with Crippen LogP contribution < -0.4 is 0 Å². The lowest BCUT2D eigenvalue weighted by atomic mass is 9.44. The molecule has 0 saturated heterocycles. The zero-order valence-electron chi connectivity index (χ0n) is 18.6. The second-order valence-corrected chi connectivity index (χ2v) is 11.1. The van der Waals surface area contributed by atoms with E-state index in [1.807, 2.05) is 13.8 Å². The van der Waals surface area contributed by atoms with Gasteiger partial charge in [0.25, 0.3) is 0 Å². The average molecular weight is 421 g/mol. The van der Waals surface area contributed by atoms with Crippen LogP contribution in [0.15, 0.2) is 0 Å². The van der Waals surface area contributed by atoms with E-state index in [4.69, 9.17) is 4.74 Å². The summed E-state index contributed by atoms with van der Waals surface area (Å²) in [5, 5.41) is 21.9. The van der Waals surface area contributed by atoms with E-state index in [9.17, 15) is 24.6 Å². The number of ether oxygens (including phenoxy) is 1. The fourth-order valence-electron chi connectivity index (χ4n) is 8.26. The Morgan fingerprint density at radius 3 is 2.53 bits per heavy atom. The van der Waals surface area contributed by atoms with Gasteiger partial charge in [-0.05, 0) is 67.6 Å². The quantitative estimate of drug-likeness (QED) is 0.681. The topological polar surface area (TPSA) is 101 Å². The van der Waals surface area contributed by atoms with E-state index in [0.717, 1.165) is 32.1 Å². The van der Waals surface area contributed by atoms with Crippen LogP contribution in [0.5, 0.6) is 0 Å². The summed E-state index contributed by atoms with van der Waals surface area (Å²) in [5.41, 5.74) is -2.60. The van der Waals surface area contributed by atoms with Crippen molar-refractivity contribution in [2.24, 2.45) is 40.4 Å². The highest BCUT2D eigenvalue weighted by atomic mass is 16.5. The Labute approximate surface area is 178 Å². The van der Waals surface area contributed by atoms with Gasteiger partial charge in [0.15, 0.2) is 6.61 Å². The van der Waals surface area contributed by atoms with Crippen molar-refractivity contribution < 1.29 is 29.3 Å². The summed E-state index contributed by atoms with van der Waals surface area (Å²) < 4.78 is 4.93. The lowest BCUT2D eigenvalue weighted by Gasteiger charge is -2.60. The predicted molar refractivity (Wildman–Crippen MR) is 109 cm³/mol. The summed E-state index contributed by atoms with van der Waals surface area (Å²) in [6.07, 6.45) is 4.91. The highest BCUT2D eigenvalue weighted by Gasteiger charge is 2.71. The Kier molecular flexibility index (Phi) is 5.21. The smallest absolute Gasteiger partial charge is 0.303 e. The van der Waals surface area contributed by atoms with Gasteiger partial charge < -0.3 is 14.9 Å². The number of Topliss-reactive ketones (excluding diaryl/α,β-unsaturated/α-hetero) is 2. The third kappa shape index (κ3) is 2.85. The molecule has 2 N–H and O–H groups in total. The Bertz CT molecular complexity index is 763. The molecule has 0 radical (unpaired) electrons. The second kappa shape index (κ2) is 7.13. The van der Waals surface area contributed by atoms with Gasteiger partial charge >= 0.3 is 5.97 Å². The molecule has 4 aliphatic carbocycles. The number of carbonyl (C=O) groups excluding carboxylic acids is 3. The summed E-state index contributed by atoms with van der Waals surface area (Å²) in [6, 6.07) is 0. The Morgan fingerprint density at radius 2 is 1.87 bits per heavy atom. The summed E-state index contributed by atoms with van der Waals surface area (Å²) in [4.78, 5) is 37.9. The summed E-state index contributed by atoms with van der Waals surface area (Å²) in [5.74, 6) is -0.612. The van der Waals surface area contributed by atoms with Crippen LogP contribution in [0.25, 0.3) is 0 Å². The molecule has 30 heavy (non-hydrogen) atoms. The zero-order chi connectivity index (χ0) is 22.1. The number of fused-ring (bicyclic) bond motifs is 5. The standard InChI is InChI=1S/C24H36O6/c1-13-9-18-17-6-5-15-10-16(26)7-8-22(15,3)21(17)19(27)11-23(18,4)24(13,29)20(28)12-30-14(2)25/h13,15-18,21,26,29H,5-12H2,1-4H3/t13-,15+,16+,17-,18-,21+,22-,23-,24-/m0/s1. The monoisotopic (exact) mass is 420 g/mol. The van der Waals surface area contributed by atoms with Gasteiger partial charge in [-0.15, -0.1) is 0 Å². The maximum atomic E-state index is 13.6. The van der Waals surface area contributed by atoms with E-state index in [1.165, 1.54) is 6.92 Å². The highest BCUT2D eigenvalue weighted by molar-refractivity contribution is 5.93. The number of hydrogen-bond donors (Lipinski definition) is 2. The van der Waals surface area contributed by atoms with E-state index in [1.54, 1.807) is 0 Å². The first-order chi connectivity index (χ1) is 13.9. The van der Waals surface area contributed by atoms with Crippen LogP contribution in [0.4, 0.5) is 0 Å². The molecular formula is C24H36O6. The van der Waals surface area contributed by atoms with Crippen LogP contribution in [-0.4, -0.2) is 46.1 Å². The van der Waals surface area contributed by atoms with Gasteiger partial charge in [0.2, 0.25) is 5.78 Å².